The topological polar surface area (TPSA) is 78.3 Å². The molecule has 3 aromatic heterocycles. The van der Waals surface area contributed by atoms with Crippen molar-refractivity contribution in [2.75, 3.05) is 45.1 Å². The lowest BCUT2D eigenvalue weighted by atomic mass is 10.1. The molecule has 2 amide bonds. The van der Waals surface area contributed by atoms with Gasteiger partial charge in [-0.2, -0.15) is 5.10 Å². The van der Waals surface area contributed by atoms with Crippen molar-refractivity contribution in [2.45, 2.75) is 25.9 Å². The van der Waals surface area contributed by atoms with E-state index in [0.717, 1.165) is 37.2 Å². The van der Waals surface area contributed by atoms with Crippen LogP contribution in [0, 0.1) is 0 Å². The van der Waals surface area contributed by atoms with Crippen LogP contribution in [0.3, 0.4) is 0 Å². The number of carbonyl (C=O) groups excluding carboxylic acids is 1. The van der Waals surface area contributed by atoms with E-state index in [4.69, 9.17) is 0 Å². The summed E-state index contributed by atoms with van der Waals surface area (Å²) in [5.74, 6) is 0. The minimum absolute atomic E-state index is 0.189. The van der Waals surface area contributed by atoms with Gasteiger partial charge in [-0.05, 0) is 38.4 Å². The number of pyridine rings is 1. The summed E-state index contributed by atoms with van der Waals surface area (Å²) in [4.78, 5) is 23.1. The van der Waals surface area contributed by atoms with Crippen LogP contribution in [0.25, 0.3) is 11.0 Å². The first-order chi connectivity index (χ1) is 14.5. The maximum atomic E-state index is 12.6. The Morgan fingerprint density at radius 2 is 2.03 bits per heavy atom. The Balaban J connectivity index is 1.39. The van der Waals surface area contributed by atoms with Crippen LogP contribution in [-0.2, 0) is 0 Å². The van der Waals surface area contributed by atoms with Gasteiger partial charge in [-0.25, -0.2) is 14.5 Å². The highest BCUT2D eigenvalue weighted by Crippen LogP contribution is 2.25. The third-order valence-electron chi connectivity index (χ3n) is 5.49. The molecule has 4 rings (SSSR count). The second-order valence-electron chi connectivity index (χ2n) is 8.03. The lowest BCUT2D eigenvalue weighted by Crippen LogP contribution is -2.48. The highest BCUT2D eigenvalue weighted by molar-refractivity contribution is 7.10. The van der Waals surface area contributed by atoms with Crippen molar-refractivity contribution in [3.8, 4) is 0 Å². The van der Waals surface area contributed by atoms with Crippen LogP contribution in [0.2, 0.25) is 0 Å². The number of hydrogen-bond acceptors (Lipinski definition) is 6. The second kappa shape index (κ2) is 9.11. The van der Waals surface area contributed by atoms with E-state index < -0.39 is 0 Å². The van der Waals surface area contributed by atoms with Crippen molar-refractivity contribution in [1.82, 2.24) is 29.9 Å². The molecule has 0 unspecified atom stereocenters. The number of carbonyl (C=O) groups is 1. The Hall–Kier alpha value is -2.49. The van der Waals surface area contributed by atoms with E-state index in [0.29, 0.717) is 12.2 Å². The molecule has 8 nitrogen and oxygen atoms in total. The molecule has 1 fully saturated rings. The lowest BCUT2D eigenvalue weighted by molar-refractivity contribution is 0.113. The van der Waals surface area contributed by atoms with Crippen molar-refractivity contribution >= 4 is 34.1 Å². The van der Waals surface area contributed by atoms with E-state index >= 15 is 0 Å². The maximum absolute atomic E-state index is 12.6. The first-order valence-corrected chi connectivity index (χ1v) is 11.2. The molecule has 30 heavy (non-hydrogen) atoms. The van der Waals surface area contributed by atoms with Crippen molar-refractivity contribution < 1.29 is 4.79 Å². The minimum Gasteiger partial charge on any atom is -0.336 e. The number of aromatic nitrogens is 3. The fraction of sp³-hybridized carbons (Fsp3) is 0.476. The van der Waals surface area contributed by atoms with Gasteiger partial charge in [-0.15, -0.1) is 11.3 Å². The molecule has 160 valence electrons. The fourth-order valence-electron chi connectivity index (χ4n) is 3.78. The lowest BCUT2D eigenvalue weighted by Gasteiger charge is -2.37. The van der Waals surface area contributed by atoms with E-state index in [-0.39, 0.29) is 18.1 Å². The number of urea groups is 1. The van der Waals surface area contributed by atoms with Gasteiger partial charge in [0.25, 0.3) is 0 Å². The molecule has 0 saturated carbocycles. The molecule has 1 atom stereocenters. The standard InChI is InChI=1S/C21H29N7OS/c1-15(2)28-20-16(12-24-28)11-17(13-22-20)25-21(29)23-14-18(19-5-4-10-30-19)27-8-6-26(3)7-9-27/h4-5,10-13,15,18H,6-9,14H2,1-3H3,(H2,23,25,29)/t18-/m0/s1. The number of hydrogen-bond donors (Lipinski definition) is 2. The Bertz CT molecular complexity index is 977. The largest absolute Gasteiger partial charge is 0.336 e. The molecule has 0 aliphatic carbocycles. The zero-order valence-electron chi connectivity index (χ0n) is 17.7. The quantitative estimate of drug-likeness (QED) is 0.632. The molecule has 0 aromatic carbocycles. The van der Waals surface area contributed by atoms with E-state index in [2.05, 4.69) is 68.9 Å². The SMILES string of the molecule is CC(C)n1ncc2cc(NC(=O)NC[C@@H](c3cccs3)N3CCN(C)CC3)cnc21. The molecular weight excluding hydrogens is 398 g/mol. The van der Waals surface area contributed by atoms with Gasteiger partial charge in [0.2, 0.25) is 0 Å². The van der Waals surface area contributed by atoms with Crippen molar-refractivity contribution in [3.63, 3.8) is 0 Å². The maximum Gasteiger partial charge on any atom is 0.319 e. The molecule has 1 aliphatic rings. The molecule has 2 N–H and O–H groups in total. The normalized spacial score (nSPS) is 16.8. The van der Waals surface area contributed by atoms with Crippen molar-refractivity contribution in [3.05, 3.63) is 40.8 Å². The number of rotatable bonds is 6. The Labute approximate surface area is 180 Å². The van der Waals surface area contributed by atoms with E-state index in [1.165, 1.54) is 4.88 Å². The average Bonchev–Trinajstić information content (AvgIpc) is 3.39. The number of anilines is 1. The third-order valence-corrected chi connectivity index (χ3v) is 6.46. The second-order valence-corrected chi connectivity index (χ2v) is 9.00. The zero-order valence-corrected chi connectivity index (χ0v) is 18.5. The van der Waals surface area contributed by atoms with Gasteiger partial charge in [-0.3, -0.25) is 4.90 Å². The average molecular weight is 428 g/mol. The number of fused-ring (bicyclic) bond motifs is 1. The minimum atomic E-state index is -0.219. The summed E-state index contributed by atoms with van der Waals surface area (Å²) in [5, 5.41) is 13.3. The summed E-state index contributed by atoms with van der Waals surface area (Å²) >= 11 is 1.74. The predicted molar refractivity (Wildman–Crippen MR) is 121 cm³/mol. The number of nitrogens with zero attached hydrogens (tertiary/aromatic N) is 5. The van der Waals surface area contributed by atoms with Crippen LogP contribution in [0.4, 0.5) is 10.5 Å². The number of piperazine rings is 1. The molecular formula is C21H29N7OS. The number of nitrogens with one attached hydrogen (secondary N) is 2. The molecule has 9 heteroatoms. The number of thiophene rings is 1. The summed E-state index contributed by atoms with van der Waals surface area (Å²) in [7, 11) is 2.15. The summed E-state index contributed by atoms with van der Waals surface area (Å²) in [5.41, 5.74) is 1.49. The van der Waals surface area contributed by atoms with Crippen LogP contribution in [-0.4, -0.2) is 70.4 Å². The summed E-state index contributed by atoms with van der Waals surface area (Å²) in [6.07, 6.45) is 3.46. The Morgan fingerprint density at radius 3 is 2.73 bits per heavy atom. The number of likely N-dealkylation sites (N-methyl/N-ethyl adjacent to an activating group) is 1. The highest BCUT2D eigenvalue weighted by atomic mass is 32.1. The van der Waals surface area contributed by atoms with Crippen LogP contribution < -0.4 is 10.6 Å². The van der Waals surface area contributed by atoms with Crippen molar-refractivity contribution in [2.24, 2.45) is 0 Å². The molecule has 4 heterocycles. The zero-order chi connectivity index (χ0) is 21.1. The number of amides is 2. The molecule has 0 spiro atoms. The monoisotopic (exact) mass is 427 g/mol. The van der Waals surface area contributed by atoms with E-state index in [1.54, 1.807) is 23.7 Å². The van der Waals surface area contributed by atoms with Gasteiger partial charge < -0.3 is 15.5 Å². The van der Waals surface area contributed by atoms with Gasteiger partial charge in [0.05, 0.1) is 24.1 Å². The molecule has 1 aliphatic heterocycles. The van der Waals surface area contributed by atoms with Gasteiger partial charge in [-0.1, -0.05) is 6.07 Å². The van der Waals surface area contributed by atoms with Gasteiger partial charge in [0.15, 0.2) is 5.65 Å². The first-order valence-electron chi connectivity index (χ1n) is 10.4. The Morgan fingerprint density at radius 1 is 1.23 bits per heavy atom. The van der Waals surface area contributed by atoms with Gasteiger partial charge in [0, 0.05) is 49.0 Å². The van der Waals surface area contributed by atoms with Gasteiger partial charge in [0.1, 0.15) is 0 Å². The molecule has 1 saturated heterocycles. The molecule has 0 bridgehead atoms. The van der Waals surface area contributed by atoms with E-state index in [1.807, 2.05) is 10.7 Å². The highest BCUT2D eigenvalue weighted by Gasteiger charge is 2.25. The van der Waals surface area contributed by atoms with Crippen LogP contribution in [0.15, 0.2) is 36.0 Å². The van der Waals surface area contributed by atoms with Crippen LogP contribution in [0.5, 0.6) is 0 Å². The predicted octanol–water partition coefficient (Wildman–Crippen LogP) is 3.18. The summed E-state index contributed by atoms with van der Waals surface area (Å²) in [6.45, 7) is 8.80. The Kier molecular flexibility index (Phi) is 6.31. The van der Waals surface area contributed by atoms with E-state index in [9.17, 15) is 4.79 Å². The third kappa shape index (κ3) is 4.63. The summed E-state index contributed by atoms with van der Waals surface area (Å²) in [6, 6.07) is 6.34. The van der Waals surface area contributed by atoms with Crippen LogP contribution in [0.1, 0.15) is 30.8 Å². The molecule has 3 aromatic rings. The fourth-order valence-corrected chi connectivity index (χ4v) is 4.64. The first kappa shape index (κ1) is 20.8. The molecule has 0 radical (unpaired) electrons. The van der Waals surface area contributed by atoms with Crippen LogP contribution >= 0.6 is 11.3 Å². The smallest absolute Gasteiger partial charge is 0.319 e. The summed E-state index contributed by atoms with van der Waals surface area (Å²) < 4.78 is 1.88. The van der Waals surface area contributed by atoms with Gasteiger partial charge >= 0.3 is 6.03 Å². The van der Waals surface area contributed by atoms with Crippen molar-refractivity contribution in [1.29, 1.82) is 0 Å².